The van der Waals surface area contributed by atoms with Crippen molar-refractivity contribution < 1.29 is 4.79 Å². The minimum Gasteiger partial charge on any atom is -0.384 e. The molecule has 0 bridgehead atoms. The molecule has 0 atom stereocenters. The van der Waals surface area contributed by atoms with E-state index in [0.29, 0.717) is 5.82 Å². The van der Waals surface area contributed by atoms with Crippen molar-refractivity contribution in [3.63, 3.8) is 0 Å². The van der Waals surface area contributed by atoms with Crippen molar-refractivity contribution in [3.05, 3.63) is 115 Å². The van der Waals surface area contributed by atoms with Crippen LogP contribution in [0.5, 0.6) is 0 Å². The molecule has 0 unspecified atom stereocenters. The normalized spacial score (nSPS) is 10.3. The Morgan fingerprint density at radius 3 is 1.62 bits per heavy atom. The van der Waals surface area contributed by atoms with Crippen molar-refractivity contribution in [1.29, 1.82) is 0 Å². The average Bonchev–Trinajstić information content (AvgIpc) is 2.82. The predicted molar refractivity (Wildman–Crippen MR) is 141 cm³/mol. The minimum atomic E-state index is -0.446. The van der Waals surface area contributed by atoms with Gasteiger partial charge in [0.15, 0.2) is 5.12 Å². The maximum Gasteiger partial charge on any atom is 0.185 e. The van der Waals surface area contributed by atoms with Crippen LogP contribution in [-0.4, -0.2) is 15.9 Å². The van der Waals surface area contributed by atoms with E-state index in [1.54, 1.807) is 13.0 Å². The highest BCUT2D eigenvalue weighted by Crippen LogP contribution is 2.32. The summed E-state index contributed by atoms with van der Waals surface area (Å²) in [4.78, 5) is 14.7. The number of nitrogens with two attached hydrogens (primary N) is 1. The molecule has 0 fully saturated rings. The third-order valence-electron chi connectivity index (χ3n) is 4.54. The molecule has 1 heterocycles. The van der Waals surface area contributed by atoms with E-state index >= 15 is 0 Å². The molecule has 2 N–H and O–H groups in total. The first-order valence-corrected chi connectivity index (χ1v) is 12.8. The predicted octanol–water partition coefficient (Wildman–Crippen LogP) is 4.93. The molecular weight excluding hydrogens is 431 g/mol. The number of carbonyl (C=O) groups is 1. The van der Waals surface area contributed by atoms with Gasteiger partial charge in [0.25, 0.3) is 0 Å². The number of hydrogen-bond donors (Lipinski definition) is 1. The lowest BCUT2D eigenvalue weighted by molar-refractivity contribution is -0.109. The van der Waals surface area contributed by atoms with E-state index in [-0.39, 0.29) is 5.12 Å². The molecule has 0 radical (unpaired) electrons. The fourth-order valence-electron chi connectivity index (χ4n) is 3.12. The first-order valence-electron chi connectivity index (χ1n) is 10.4. The molecular formula is C27H27N2OPS. The van der Waals surface area contributed by atoms with Gasteiger partial charge in [0.05, 0.1) is 0 Å². The number of hydrogen-bond acceptors (Lipinski definition) is 4. The fourth-order valence-corrected chi connectivity index (χ4v) is 6.02. The lowest BCUT2D eigenvalue weighted by atomic mass is 10.3. The number of carbonyl (C=O) groups excluding carboxylic acids is 1. The lowest BCUT2D eigenvalue weighted by Gasteiger charge is -2.18. The van der Waals surface area contributed by atoms with Crippen LogP contribution in [0.4, 0.5) is 5.82 Å². The van der Waals surface area contributed by atoms with Crippen molar-refractivity contribution in [3.8, 4) is 0 Å². The molecule has 0 amide bonds. The van der Waals surface area contributed by atoms with Crippen LogP contribution in [0, 0.1) is 0 Å². The van der Waals surface area contributed by atoms with E-state index in [0.717, 1.165) is 17.9 Å². The van der Waals surface area contributed by atoms with Crippen molar-refractivity contribution in [2.75, 3.05) is 11.5 Å². The first kappa shape index (κ1) is 23.7. The smallest absolute Gasteiger partial charge is 0.185 e. The van der Waals surface area contributed by atoms with E-state index in [1.807, 2.05) is 12.1 Å². The standard InChI is InChI=1S/C18H15P.C9H12N2OS/c1-4-10-16(11-5-1)19(17-12-6-2-7-13-17)18-14-8-3-9-15-18;1-7(12)13-6-5-8-3-2-4-9(10)11-8/h1-15H;2-4H,5-6H2,1H3,(H2,10,11). The molecule has 0 saturated heterocycles. The minimum absolute atomic E-state index is 0.143. The Morgan fingerprint density at radius 2 is 1.22 bits per heavy atom. The molecule has 32 heavy (non-hydrogen) atoms. The van der Waals surface area contributed by atoms with Crippen LogP contribution in [0.25, 0.3) is 0 Å². The SMILES string of the molecule is CC(=O)SCCc1cccc(N)n1.c1ccc(P(c2ccccc2)c2ccccc2)cc1. The number of thioether (sulfide) groups is 1. The van der Waals surface area contributed by atoms with Gasteiger partial charge >= 0.3 is 0 Å². The zero-order valence-electron chi connectivity index (χ0n) is 18.1. The van der Waals surface area contributed by atoms with Crippen molar-refractivity contribution >= 4 is 46.5 Å². The number of rotatable bonds is 6. The number of aromatic nitrogens is 1. The number of benzene rings is 3. The van der Waals surface area contributed by atoms with Gasteiger partial charge in [-0.05, 0) is 42.4 Å². The molecule has 3 aromatic carbocycles. The van der Waals surface area contributed by atoms with E-state index < -0.39 is 7.92 Å². The number of anilines is 1. The topological polar surface area (TPSA) is 56.0 Å². The second-order valence-electron chi connectivity index (χ2n) is 6.99. The maximum atomic E-state index is 10.6. The Kier molecular flexibility index (Phi) is 9.49. The summed E-state index contributed by atoms with van der Waals surface area (Å²) >= 11 is 1.31. The van der Waals surface area contributed by atoms with Gasteiger partial charge in [0.1, 0.15) is 5.82 Å². The van der Waals surface area contributed by atoms with Crippen LogP contribution in [0.1, 0.15) is 12.6 Å². The number of pyridine rings is 1. The van der Waals surface area contributed by atoms with Gasteiger partial charge in [-0.2, -0.15) is 0 Å². The summed E-state index contributed by atoms with van der Waals surface area (Å²) in [5, 5.41) is 4.34. The van der Waals surface area contributed by atoms with Crippen LogP contribution in [-0.2, 0) is 11.2 Å². The summed E-state index contributed by atoms with van der Waals surface area (Å²) in [7, 11) is -0.446. The Labute approximate surface area is 195 Å². The van der Waals surface area contributed by atoms with Gasteiger partial charge in [0.2, 0.25) is 0 Å². The van der Waals surface area contributed by atoms with E-state index in [1.165, 1.54) is 27.7 Å². The van der Waals surface area contributed by atoms with Crippen LogP contribution in [0.2, 0.25) is 0 Å². The van der Waals surface area contributed by atoms with E-state index in [9.17, 15) is 4.79 Å². The number of nitrogens with zero attached hydrogens (tertiary/aromatic N) is 1. The van der Waals surface area contributed by atoms with Crippen LogP contribution in [0.15, 0.2) is 109 Å². The molecule has 5 heteroatoms. The Bertz CT molecular complexity index is 998. The molecule has 0 aliphatic rings. The highest BCUT2D eigenvalue weighted by molar-refractivity contribution is 8.13. The van der Waals surface area contributed by atoms with Crippen molar-refractivity contribution in [2.45, 2.75) is 13.3 Å². The number of aryl methyl sites for hydroxylation is 1. The zero-order chi connectivity index (χ0) is 22.6. The van der Waals surface area contributed by atoms with Crippen molar-refractivity contribution in [1.82, 2.24) is 4.98 Å². The summed E-state index contributed by atoms with van der Waals surface area (Å²) in [6.45, 7) is 1.57. The summed E-state index contributed by atoms with van der Waals surface area (Å²) in [5.74, 6) is 1.30. The monoisotopic (exact) mass is 458 g/mol. The molecule has 0 aliphatic heterocycles. The lowest BCUT2D eigenvalue weighted by Crippen LogP contribution is -2.20. The molecule has 4 rings (SSSR count). The van der Waals surface area contributed by atoms with E-state index in [2.05, 4.69) is 96.0 Å². The van der Waals surface area contributed by atoms with Gasteiger partial charge in [-0.3, -0.25) is 4.79 Å². The second-order valence-corrected chi connectivity index (χ2v) is 10.5. The van der Waals surface area contributed by atoms with Crippen LogP contribution in [0.3, 0.4) is 0 Å². The molecule has 1 aromatic heterocycles. The highest BCUT2D eigenvalue weighted by atomic mass is 32.2. The molecule has 0 spiro atoms. The van der Waals surface area contributed by atoms with Gasteiger partial charge < -0.3 is 5.73 Å². The molecule has 0 saturated carbocycles. The average molecular weight is 459 g/mol. The van der Waals surface area contributed by atoms with E-state index in [4.69, 9.17) is 5.73 Å². The van der Waals surface area contributed by atoms with Gasteiger partial charge in [0, 0.05) is 18.4 Å². The molecule has 3 nitrogen and oxygen atoms in total. The van der Waals surface area contributed by atoms with Gasteiger partial charge in [-0.1, -0.05) is 109 Å². The molecule has 4 aromatic rings. The van der Waals surface area contributed by atoms with Gasteiger partial charge in [-0.25, -0.2) is 4.98 Å². The second kappa shape index (κ2) is 12.8. The summed E-state index contributed by atoms with van der Waals surface area (Å²) in [6.07, 6.45) is 0.787. The van der Waals surface area contributed by atoms with Crippen molar-refractivity contribution in [2.24, 2.45) is 0 Å². The zero-order valence-corrected chi connectivity index (χ0v) is 19.8. The third kappa shape index (κ3) is 7.64. The van der Waals surface area contributed by atoms with Gasteiger partial charge in [-0.15, -0.1) is 0 Å². The maximum absolute atomic E-state index is 10.6. The third-order valence-corrected chi connectivity index (χ3v) is 7.79. The molecule has 162 valence electrons. The Morgan fingerprint density at radius 1 is 0.750 bits per heavy atom. The summed E-state index contributed by atoms with van der Waals surface area (Å²) in [5.41, 5.74) is 6.44. The summed E-state index contributed by atoms with van der Waals surface area (Å²) in [6, 6.07) is 37.9. The highest BCUT2D eigenvalue weighted by Gasteiger charge is 2.14. The van der Waals surface area contributed by atoms with Crippen LogP contribution < -0.4 is 21.6 Å². The Hall–Kier alpha value is -2.94. The molecule has 0 aliphatic carbocycles. The first-order chi connectivity index (χ1) is 15.6. The number of nitrogen functional groups attached to an aromatic ring is 1. The quantitative estimate of drug-likeness (QED) is 0.416. The fraction of sp³-hybridized carbons (Fsp3) is 0.111. The largest absolute Gasteiger partial charge is 0.384 e. The Balaban J connectivity index is 0.000000195. The van der Waals surface area contributed by atoms with Crippen LogP contribution >= 0.6 is 19.7 Å². The summed E-state index contributed by atoms with van der Waals surface area (Å²) < 4.78 is 0.